The predicted octanol–water partition coefficient (Wildman–Crippen LogP) is 0.864. The van der Waals surface area contributed by atoms with Crippen molar-refractivity contribution in [3.05, 3.63) is 17.5 Å². The van der Waals surface area contributed by atoms with Crippen LogP contribution in [0.15, 0.2) is 6.07 Å². The van der Waals surface area contributed by atoms with Gasteiger partial charge in [-0.2, -0.15) is 5.10 Å². The third-order valence-corrected chi connectivity index (χ3v) is 2.07. The number of carbonyl (C=O) groups is 2. The summed E-state index contributed by atoms with van der Waals surface area (Å²) in [4.78, 5) is 23.9. The highest BCUT2D eigenvalue weighted by Gasteiger charge is 2.20. The number of aromatic carboxylic acids is 1. The number of carboxylic acid groups (broad SMARTS) is 1. The lowest BCUT2D eigenvalue weighted by atomic mass is 10.3. The van der Waals surface area contributed by atoms with E-state index < -0.39 is 5.97 Å². The quantitative estimate of drug-likeness (QED) is 0.828. The van der Waals surface area contributed by atoms with Gasteiger partial charge in [0.05, 0.1) is 0 Å². The maximum Gasteiger partial charge on any atom is 0.354 e. The normalized spacial score (nSPS) is 10.6. The van der Waals surface area contributed by atoms with Gasteiger partial charge < -0.3 is 10.0 Å². The van der Waals surface area contributed by atoms with Crippen molar-refractivity contribution in [2.75, 3.05) is 14.1 Å². The molecule has 1 N–H and O–H groups in total. The Morgan fingerprint density at radius 2 is 2.00 bits per heavy atom. The Morgan fingerprint density at radius 1 is 1.44 bits per heavy atom. The molecule has 0 fully saturated rings. The van der Waals surface area contributed by atoms with Crippen molar-refractivity contribution in [1.29, 1.82) is 0 Å². The van der Waals surface area contributed by atoms with Gasteiger partial charge in [-0.3, -0.25) is 9.48 Å². The smallest absolute Gasteiger partial charge is 0.354 e. The zero-order chi connectivity index (χ0) is 12.5. The van der Waals surface area contributed by atoms with Crippen LogP contribution in [0, 0.1) is 0 Å². The summed E-state index contributed by atoms with van der Waals surface area (Å²) in [7, 11) is 3.19. The number of aromatic nitrogens is 2. The number of carbonyl (C=O) groups excluding carboxylic acids is 1. The van der Waals surface area contributed by atoms with Gasteiger partial charge in [0.15, 0.2) is 5.69 Å². The molecule has 0 atom stereocenters. The fourth-order valence-electron chi connectivity index (χ4n) is 1.28. The average molecular weight is 225 g/mol. The van der Waals surface area contributed by atoms with Crippen LogP contribution in [-0.2, 0) is 0 Å². The minimum atomic E-state index is -1.08. The van der Waals surface area contributed by atoms with Crippen molar-refractivity contribution in [2.45, 2.75) is 19.9 Å². The molecule has 0 aliphatic carbocycles. The molecule has 1 heterocycles. The Bertz CT molecular complexity index is 421. The van der Waals surface area contributed by atoms with Gasteiger partial charge in [-0.25, -0.2) is 4.79 Å². The van der Waals surface area contributed by atoms with Crippen LogP contribution in [0.2, 0.25) is 0 Å². The molecule has 0 aliphatic heterocycles. The van der Waals surface area contributed by atoms with Gasteiger partial charge in [-0.05, 0) is 13.8 Å². The zero-order valence-corrected chi connectivity index (χ0v) is 9.76. The first-order valence-corrected chi connectivity index (χ1v) is 4.89. The first-order valence-electron chi connectivity index (χ1n) is 4.89. The summed E-state index contributed by atoms with van der Waals surface area (Å²) in [5.74, 6) is -1.39. The van der Waals surface area contributed by atoms with Gasteiger partial charge in [-0.1, -0.05) is 0 Å². The Balaban J connectivity index is 3.21. The Labute approximate surface area is 93.5 Å². The van der Waals surface area contributed by atoms with Crippen molar-refractivity contribution in [2.24, 2.45) is 0 Å². The highest BCUT2D eigenvalue weighted by molar-refractivity contribution is 5.95. The van der Waals surface area contributed by atoms with Crippen LogP contribution >= 0.6 is 0 Å². The van der Waals surface area contributed by atoms with Gasteiger partial charge in [0.1, 0.15) is 5.69 Å². The molecule has 0 bridgehead atoms. The number of hydrogen-bond acceptors (Lipinski definition) is 3. The van der Waals surface area contributed by atoms with Crippen LogP contribution in [0.4, 0.5) is 0 Å². The summed E-state index contributed by atoms with van der Waals surface area (Å²) in [6.07, 6.45) is 0. The number of rotatable bonds is 3. The molecule has 88 valence electrons. The highest BCUT2D eigenvalue weighted by atomic mass is 16.4. The third kappa shape index (κ3) is 2.21. The monoisotopic (exact) mass is 225 g/mol. The van der Waals surface area contributed by atoms with Gasteiger partial charge in [0.25, 0.3) is 5.91 Å². The minimum Gasteiger partial charge on any atom is -0.477 e. The summed E-state index contributed by atoms with van der Waals surface area (Å²) in [6.45, 7) is 3.62. The minimum absolute atomic E-state index is 0.0280. The molecule has 0 aromatic carbocycles. The van der Waals surface area contributed by atoms with Crippen molar-refractivity contribution >= 4 is 11.9 Å². The second kappa shape index (κ2) is 4.34. The Kier molecular flexibility index (Phi) is 3.31. The second-order valence-corrected chi connectivity index (χ2v) is 3.96. The SMILES string of the molecule is CC(C)n1nc(C(=O)N(C)C)cc1C(=O)O. The summed E-state index contributed by atoms with van der Waals surface area (Å²) in [5.41, 5.74) is 0.177. The zero-order valence-electron chi connectivity index (χ0n) is 9.76. The summed E-state index contributed by atoms with van der Waals surface area (Å²) < 4.78 is 1.33. The second-order valence-electron chi connectivity index (χ2n) is 3.96. The van der Waals surface area contributed by atoms with Crippen molar-refractivity contribution in [1.82, 2.24) is 14.7 Å². The van der Waals surface area contributed by atoms with E-state index in [0.717, 1.165) is 0 Å². The molecule has 16 heavy (non-hydrogen) atoms. The molecule has 6 heteroatoms. The van der Waals surface area contributed by atoms with Crippen LogP contribution < -0.4 is 0 Å². The molecule has 0 unspecified atom stereocenters. The van der Waals surface area contributed by atoms with Crippen LogP contribution in [-0.4, -0.2) is 45.8 Å². The molecular formula is C10H15N3O3. The molecule has 0 saturated carbocycles. The van der Waals surface area contributed by atoms with Gasteiger partial charge in [-0.15, -0.1) is 0 Å². The third-order valence-electron chi connectivity index (χ3n) is 2.07. The molecule has 1 rings (SSSR count). The highest BCUT2D eigenvalue weighted by Crippen LogP contribution is 2.12. The topological polar surface area (TPSA) is 75.4 Å². The Morgan fingerprint density at radius 3 is 2.31 bits per heavy atom. The summed E-state index contributed by atoms with van der Waals surface area (Å²) in [6, 6.07) is 1.19. The first kappa shape index (κ1) is 12.2. The van der Waals surface area contributed by atoms with Crippen molar-refractivity contribution in [3.8, 4) is 0 Å². The van der Waals surface area contributed by atoms with E-state index in [1.165, 1.54) is 15.6 Å². The van der Waals surface area contributed by atoms with Gasteiger partial charge >= 0.3 is 5.97 Å². The van der Waals surface area contributed by atoms with E-state index in [4.69, 9.17) is 5.11 Å². The molecule has 6 nitrogen and oxygen atoms in total. The first-order chi connectivity index (χ1) is 7.34. The van der Waals surface area contributed by atoms with E-state index in [0.29, 0.717) is 0 Å². The van der Waals surface area contributed by atoms with Crippen LogP contribution in [0.3, 0.4) is 0 Å². The number of nitrogens with zero attached hydrogens (tertiary/aromatic N) is 3. The van der Waals surface area contributed by atoms with E-state index in [2.05, 4.69) is 5.10 Å². The molecule has 1 aromatic rings. The van der Waals surface area contributed by atoms with Crippen LogP contribution in [0.5, 0.6) is 0 Å². The molecule has 0 radical (unpaired) electrons. The fourth-order valence-corrected chi connectivity index (χ4v) is 1.28. The van der Waals surface area contributed by atoms with Crippen LogP contribution in [0.1, 0.15) is 40.9 Å². The number of carboxylic acids is 1. The largest absolute Gasteiger partial charge is 0.477 e. The summed E-state index contributed by atoms with van der Waals surface area (Å²) >= 11 is 0. The van der Waals surface area contributed by atoms with Crippen LogP contribution in [0.25, 0.3) is 0 Å². The summed E-state index contributed by atoms with van der Waals surface area (Å²) in [5, 5.41) is 13.0. The molecular weight excluding hydrogens is 210 g/mol. The van der Waals surface area contributed by atoms with Gasteiger partial charge in [0.2, 0.25) is 0 Å². The fraction of sp³-hybridized carbons (Fsp3) is 0.500. The van der Waals surface area contributed by atoms with Crippen molar-refractivity contribution in [3.63, 3.8) is 0 Å². The number of hydrogen-bond donors (Lipinski definition) is 1. The van der Waals surface area contributed by atoms with E-state index in [1.807, 2.05) is 13.8 Å². The molecule has 1 amide bonds. The molecule has 1 aromatic heterocycles. The predicted molar refractivity (Wildman–Crippen MR) is 57.6 cm³/mol. The van der Waals surface area contributed by atoms with Crippen molar-refractivity contribution < 1.29 is 14.7 Å². The van der Waals surface area contributed by atoms with E-state index in [-0.39, 0.29) is 23.3 Å². The van der Waals surface area contributed by atoms with E-state index in [9.17, 15) is 9.59 Å². The van der Waals surface area contributed by atoms with Gasteiger partial charge in [0, 0.05) is 26.2 Å². The maximum atomic E-state index is 11.6. The lowest BCUT2D eigenvalue weighted by Gasteiger charge is -2.08. The lowest BCUT2D eigenvalue weighted by molar-refractivity contribution is 0.0680. The Hall–Kier alpha value is -1.85. The maximum absolute atomic E-state index is 11.6. The standard InChI is InChI=1S/C10H15N3O3/c1-6(2)13-8(10(15)16)5-7(11-13)9(14)12(3)4/h5-6H,1-4H3,(H,15,16). The molecule has 0 saturated heterocycles. The molecule has 0 aliphatic rings. The lowest BCUT2D eigenvalue weighted by Crippen LogP contribution is -2.22. The number of amides is 1. The molecule has 0 spiro atoms. The average Bonchev–Trinajstić information content (AvgIpc) is 2.60. The van der Waals surface area contributed by atoms with E-state index >= 15 is 0 Å². The van der Waals surface area contributed by atoms with E-state index in [1.54, 1.807) is 14.1 Å².